The van der Waals surface area contributed by atoms with Crippen molar-refractivity contribution in [2.24, 2.45) is 0 Å². The molecule has 2 N–H and O–H groups in total. The molecular formula is C10H9ClIN3. The van der Waals surface area contributed by atoms with E-state index in [9.17, 15) is 0 Å². The number of hydrogen-bond acceptors (Lipinski definition) is 2. The van der Waals surface area contributed by atoms with Gasteiger partial charge in [-0.3, -0.25) is 0 Å². The largest absolute Gasteiger partial charge is 0.397 e. The fourth-order valence-electron chi connectivity index (χ4n) is 1.30. The quantitative estimate of drug-likeness (QED) is 0.644. The number of benzene rings is 1. The summed E-state index contributed by atoms with van der Waals surface area (Å²) in [5.41, 5.74) is 8.25. The molecule has 78 valence electrons. The van der Waals surface area contributed by atoms with Crippen molar-refractivity contribution in [2.45, 2.75) is 6.92 Å². The molecule has 0 aliphatic heterocycles. The molecule has 0 fully saturated rings. The Labute approximate surface area is 106 Å². The Kier molecular flexibility index (Phi) is 2.88. The van der Waals surface area contributed by atoms with Gasteiger partial charge in [0.15, 0.2) is 0 Å². The molecule has 5 heteroatoms. The Balaban J connectivity index is 2.54. The highest BCUT2D eigenvalue weighted by molar-refractivity contribution is 14.1. The summed E-state index contributed by atoms with van der Waals surface area (Å²) in [5.74, 6) is 0. The van der Waals surface area contributed by atoms with E-state index in [4.69, 9.17) is 17.3 Å². The minimum Gasteiger partial charge on any atom is -0.397 e. The third kappa shape index (κ3) is 2.10. The van der Waals surface area contributed by atoms with Crippen molar-refractivity contribution in [3.63, 3.8) is 0 Å². The number of nitrogens with zero attached hydrogens (tertiary/aromatic N) is 2. The summed E-state index contributed by atoms with van der Waals surface area (Å²) in [4.78, 5) is 0. The molecule has 0 unspecified atom stereocenters. The summed E-state index contributed by atoms with van der Waals surface area (Å²) in [6.07, 6.45) is 1.76. The lowest BCUT2D eigenvalue weighted by atomic mass is 10.3. The third-order valence-electron chi connectivity index (χ3n) is 2.08. The maximum absolute atomic E-state index is 5.94. The molecule has 0 spiro atoms. The Morgan fingerprint density at radius 1 is 1.47 bits per heavy atom. The predicted molar refractivity (Wildman–Crippen MR) is 70.4 cm³/mol. The van der Waals surface area contributed by atoms with Gasteiger partial charge in [-0.05, 0) is 47.7 Å². The Hall–Kier alpha value is -0.750. The van der Waals surface area contributed by atoms with Gasteiger partial charge >= 0.3 is 0 Å². The highest BCUT2D eigenvalue weighted by Gasteiger charge is 2.06. The summed E-state index contributed by atoms with van der Waals surface area (Å²) in [6, 6.07) is 5.82. The van der Waals surface area contributed by atoms with Crippen molar-refractivity contribution in [3.8, 4) is 5.69 Å². The lowest BCUT2D eigenvalue weighted by Gasteiger charge is -2.05. The number of aromatic nitrogens is 2. The van der Waals surface area contributed by atoms with Gasteiger partial charge in [0.25, 0.3) is 0 Å². The lowest BCUT2D eigenvalue weighted by Crippen LogP contribution is -2.00. The fraction of sp³-hybridized carbons (Fsp3) is 0.100. The maximum atomic E-state index is 5.94. The lowest BCUT2D eigenvalue weighted by molar-refractivity contribution is 0.864. The summed E-state index contributed by atoms with van der Waals surface area (Å²) in [7, 11) is 0. The molecule has 1 aromatic carbocycles. The van der Waals surface area contributed by atoms with Gasteiger partial charge in [0.05, 0.1) is 22.1 Å². The van der Waals surface area contributed by atoms with Crippen molar-refractivity contribution in [2.75, 3.05) is 5.73 Å². The maximum Gasteiger partial charge on any atom is 0.0876 e. The minimum absolute atomic E-state index is 0.646. The van der Waals surface area contributed by atoms with Crippen molar-refractivity contribution in [1.29, 1.82) is 0 Å². The van der Waals surface area contributed by atoms with Gasteiger partial charge in [-0.1, -0.05) is 11.6 Å². The number of nitrogens with two attached hydrogens (primary N) is 1. The molecule has 2 rings (SSSR count). The van der Waals surface area contributed by atoms with Crippen LogP contribution in [0.15, 0.2) is 24.4 Å². The number of nitrogen functional groups attached to an aromatic ring is 1. The molecule has 0 atom stereocenters. The van der Waals surface area contributed by atoms with Gasteiger partial charge in [-0.25, -0.2) is 4.68 Å². The van der Waals surface area contributed by atoms with E-state index in [0.29, 0.717) is 10.7 Å². The molecule has 1 aromatic heterocycles. The van der Waals surface area contributed by atoms with Gasteiger partial charge in [0, 0.05) is 9.77 Å². The van der Waals surface area contributed by atoms with Crippen LogP contribution in [0.4, 0.5) is 5.69 Å². The van der Waals surface area contributed by atoms with Crippen LogP contribution in [-0.2, 0) is 0 Å². The topological polar surface area (TPSA) is 43.8 Å². The van der Waals surface area contributed by atoms with Crippen molar-refractivity contribution in [3.05, 3.63) is 38.7 Å². The van der Waals surface area contributed by atoms with E-state index in [1.54, 1.807) is 10.9 Å². The second-order valence-electron chi connectivity index (χ2n) is 3.21. The second kappa shape index (κ2) is 4.02. The first-order valence-electron chi connectivity index (χ1n) is 4.35. The average molecular weight is 334 g/mol. The standard InChI is InChI=1S/C10H9ClIN3/c1-6-8(11)5-15(14-6)10-3-2-7(12)4-9(10)13/h2-5H,13H2,1H3. The van der Waals surface area contributed by atoms with Gasteiger partial charge in [-0.15, -0.1) is 0 Å². The first kappa shape index (κ1) is 10.8. The van der Waals surface area contributed by atoms with Crippen LogP contribution in [0.2, 0.25) is 5.02 Å². The van der Waals surface area contributed by atoms with E-state index >= 15 is 0 Å². The third-order valence-corrected chi connectivity index (χ3v) is 3.12. The molecule has 2 aromatic rings. The van der Waals surface area contributed by atoms with Crippen LogP contribution >= 0.6 is 34.2 Å². The van der Waals surface area contributed by atoms with E-state index in [1.165, 1.54) is 0 Å². The van der Waals surface area contributed by atoms with Crippen LogP contribution in [0.25, 0.3) is 5.69 Å². The Bertz CT molecular complexity index is 488. The molecule has 0 saturated heterocycles. The van der Waals surface area contributed by atoms with Crippen molar-refractivity contribution >= 4 is 39.9 Å². The van der Waals surface area contributed by atoms with Gasteiger partial charge in [0.2, 0.25) is 0 Å². The van der Waals surface area contributed by atoms with E-state index in [2.05, 4.69) is 27.7 Å². The summed E-state index contributed by atoms with van der Waals surface area (Å²) < 4.78 is 2.80. The highest BCUT2D eigenvalue weighted by atomic mass is 127. The van der Waals surface area contributed by atoms with Crippen LogP contribution < -0.4 is 5.73 Å². The highest BCUT2D eigenvalue weighted by Crippen LogP contribution is 2.22. The molecule has 1 heterocycles. The molecule has 0 saturated carbocycles. The number of rotatable bonds is 1. The minimum atomic E-state index is 0.646. The van der Waals surface area contributed by atoms with Crippen LogP contribution in [0.1, 0.15) is 5.69 Å². The number of halogens is 2. The first-order chi connectivity index (χ1) is 7.08. The number of hydrogen-bond donors (Lipinski definition) is 1. The van der Waals surface area contributed by atoms with Crippen LogP contribution in [0.3, 0.4) is 0 Å². The van der Waals surface area contributed by atoms with E-state index in [-0.39, 0.29) is 0 Å². The van der Waals surface area contributed by atoms with Crippen LogP contribution in [-0.4, -0.2) is 9.78 Å². The first-order valence-corrected chi connectivity index (χ1v) is 5.81. The molecule has 0 radical (unpaired) electrons. The zero-order valence-corrected chi connectivity index (χ0v) is 11.0. The summed E-state index contributed by atoms with van der Waals surface area (Å²) >= 11 is 8.15. The molecule has 3 nitrogen and oxygen atoms in total. The second-order valence-corrected chi connectivity index (χ2v) is 4.86. The number of anilines is 1. The van der Waals surface area contributed by atoms with Crippen LogP contribution in [0.5, 0.6) is 0 Å². The van der Waals surface area contributed by atoms with Gasteiger partial charge in [-0.2, -0.15) is 5.10 Å². The Morgan fingerprint density at radius 2 is 2.20 bits per heavy atom. The molecule has 0 amide bonds. The van der Waals surface area contributed by atoms with Crippen LogP contribution in [0, 0.1) is 10.5 Å². The zero-order chi connectivity index (χ0) is 11.0. The normalized spacial score (nSPS) is 10.6. The molecular weight excluding hydrogens is 324 g/mol. The zero-order valence-electron chi connectivity index (χ0n) is 8.04. The van der Waals surface area contributed by atoms with Gasteiger partial charge in [0.1, 0.15) is 0 Å². The SMILES string of the molecule is Cc1nn(-c2ccc(I)cc2N)cc1Cl. The van der Waals surface area contributed by atoms with E-state index in [1.807, 2.05) is 25.1 Å². The smallest absolute Gasteiger partial charge is 0.0876 e. The Morgan fingerprint density at radius 3 is 2.73 bits per heavy atom. The van der Waals surface area contributed by atoms with E-state index in [0.717, 1.165) is 15.0 Å². The molecule has 0 bridgehead atoms. The molecule has 0 aliphatic carbocycles. The predicted octanol–water partition coefficient (Wildman–Crippen LogP) is 3.02. The molecule has 15 heavy (non-hydrogen) atoms. The fourth-order valence-corrected chi connectivity index (χ4v) is 1.94. The van der Waals surface area contributed by atoms with Gasteiger partial charge < -0.3 is 5.73 Å². The van der Waals surface area contributed by atoms with Crippen molar-refractivity contribution in [1.82, 2.24) is 9.78 Å². The van der Waals surface area contributed by atoms with E-state index < -0.39 is 0 Å². The number of aryl methyl sites for hydroxylation is 1. The van der Waals surface area contributed by atoms with Crippen molar-refractivity contribution < 1.29 is 0 Å². The summed E-state index contributed by atoms with van der Waals surface area (Å²) in [5, 5.41) is 4.92. The molecule has 0 aliphatic rings. The average Bonchev–Trinajstić information content (AvgIpc) is 2.46. The summed E-state index contributed by atoms with van der Waals surface area (Å²) in [6.45, 7) is 1.86. The monoisotopic (exact) mass is 333 g/mol.